The second-order valence-corrected chi connectivity index (χ2v) is 7.61. The maximum absolute atomic E-state index is 10.9. The third kappa shape index (κ3) is 2.62. The molecular formula is C21H25N5O. The van der Waals surface area contributed by atoms with Gasteiger partial charge in [0.25, 0.3) is 0 Å². The molecule has 3 heterocycles. The number of rotatable bonds is 4. The fourth-order valence-electron chi connectivity index (χ4n) is 4.63. The molecule has 1 unspecified atom stereocenters. The molecule has 27 heavy (non-hydrogen) atoms. The maximum Gasteiger partial charge on any atom is 0.182 e. The monoisotopic (exact) mass is 363 g/mol. The SMILES string of the molecule is CCc1nn(C2CCCC2)c2c1CCn1c-2nnc1C(O)c1ccccc1. The molecule has 2 aliphatic rings. The summed E-state index contributed by atoms with van der Waals surface area (Å²) in [6, 6.07) is 10.1. The van der Waals surface area contributed by atoms with Crippen molar-refractivity contribution in [3.05, 3.63) is 53.0 Å². The Bertz CT molecular complexity index is 953. The first-order valence-electron chi connectivity index (χ1n) is 10.0. The third-order valence-corrected chi connectivity index (χ3v) is 6.03. The standard InChI is InChI=1S/C21H25N5O/c1-2-17-16-12-13-25-20(18(16)26(24-17)15-10-6-7-11-15)22-23-21(25)19(27)14-8-4-3-5-9-14/h3-5,8-9,15,19,27H,2,6-7,10-13H2,1H3. The Morgan fingerprint density at radius 2 is 1.93 bits per heavy atom. The lowest BCUT2D eigenvalue weighted by Gasteiger charge is -2.21. The van der Waals surface area contributed by atoms with Crippen molar-refractivity contribution >= 4 is 0 Å². The number of nitrogens with zero attached hydrogens (tertiary/aromatic N) is 5. The molecule has 140 valence electrons. The second-order valence-electron chi connectivity index (χ2n) is 7.61. The summed E-state index contributed by atoms with van der Waals surface area (Å²) in [4.78, 5) is 0. The van der Waals surface area contributed by atoms with Crippen LogP contribution in [0.5, 0.6) is 0 Å². The summed E-state index contributed by atoms with van der Waals surface area (Å²) >= 11 is 0. The Balaban J connectivity index is 1.61. The van der Waals surface area contributed by atoms with Crippen molar-refractivity contribution in [2.45, 2.75) is 64.1 Å². The summed E-state index contributed by atoms with van der Waals surface area (Å²) < 4.78 is 4.31. The first-order chi connectivity index (χ1) is 13.3. The fraction of sp³-hybridized carbons (Fsp3) is 0.476. The predicted molar refractivity (Wildman–Crippen MR) is 102 cm³/mol. The van der Waals surface area contributed by atoms with Crippen LogP contribution in [0.15, 0.2) is 30.3 Å². The lowest BCUT2D eigenvalue weighted by Crippen LogP contribution is -2.19. The Hall–Kier alpha value is -2.47. The summed E-state index contributed by atoms with van der Waals surface area (Å²) in [6.45, 7) is 2.96. The average molecular weight is 363 g/mol. The van der Waals surface area contributed by atoms with Crippen molar-refractivity contribution in [1.29, 1.82) is 0 Å². The smallest absolute Gasteiger partial charge is 0.182 e. The van der Waals surface area contributed by atoms with E-state index < -0.39 is 6.10 Å². The topological polar surface area (TPSA) is 68.8 Å². The van der Waals surface area contributed by atoms with Gasteiger partial charge in [-0.1, -0.05) is 50.1 Å². The van der Waals surface area contributed by atoms with Crippen LogP contribution in [0.25, 0.3) is 11.5 Å². The minimum Gasteiger partial charge on any atom is -0.380 e. The first kappa shape index (κ1) is 16.7. The van der Waals surface area contributed by atoms with Gasteiger partial charge < -0.3 is 9.67 Å². The van der Waals surface area contributed by atoms with Crippen LogP contribution >= 0.6 is 0 Å². The predicted octanol–water partition coefficient (Wildman–Crippen LogP) is 3.46. The van der Waals surface area contributed by atoms with Crippen LogP contribution in [0.1, 0.15) is 67.4 Å². The van der Waals surface area contributed by atoms with Crippen LogP contribution in [0.2, 0.25) is 0 Å². The molecule has 0 amide bonds. The highest BCUT2D eigenvalue weighted by Gasteiger charge is 2.33. The van der Waals surface area contributed by atoms with Gasteiger partial charge >= 0.3 is 0 Å². The van der Waals surface area contributed by atoms with Gasteiger partial charge in [0.2, 0.25) is 0 Å². The Labute approximate surface area is 158 Å². The summed E-state index contributed by atoms with van der Waals surface area (Å²) in [5.41, 5.74) is 4.49. The van der Waals surface area contributed by atoms with Crippen LogP contribution in [-0.2, 0) is 19.4 Å². The van der Waals surface area contributed by atoms with Crippen molar-refractivity contribution in [1.82, 2.24) is 24.5 Å². The van der Waals surface area contributed by atoms with Crippen LogP contribution in [-0.4, -0.2) is 29.7 Å². The van der Waals surface area contributed by atoms with Gasteiger partial charge in [0.1, 0.15) is 11.8 Å². The number of aromatic nitrogens is 5. The van der Waals surface area contributed by atoms with E-state index in [9.17, 15) is 5.11 Å². The van der Waals surface area contributed by atoms with E-state index in [1.807, 2.05) is 30.3 Å². The molecule has 1 N–H and O–H groups in total. The third-order valence-electron chi connectivity index (χ3n) is 6.03. The van der Waals surface area contributed by atoms with Gasteiger partial charge in [-0.15, -0.1) is 10.2 Å². The molecule has 1 aromatic carbocycles. The summed E-state index contributed by atoms with van der Waals surface area (Å²) in [6.07, 6.45) is 6.01. The van der Waals surface area contributed by atoms with Crippen LogP contribution < -0.4 is 0 Å². The zero-order valence-electron chi connectivity index (χ0n) is 15.7. The fourth-order valence-corrected chi connectivity index (χ4v) is 4.63. The highest BCUT2D eigenvalue weighted by molar-refractivity contribution is 5.60. The number of aliphatic hydroxyl groups excluding tert-OH is 1. The van der Waals surface area contributed by atoms with Crippen molar-refractivity contribution in [3.63, 3.8) is 0 Å². The van der Waals surface area contributed by atoms with Crippen LogP contribution in [0, 0.1) is 0 Å². The summed E-state index contributed by atoms with van der Waals surface area (Å²) in [5, 5.41) is 24.8. The molecule has 0 radical (unpaired) electrons. The highest BCUT2D eigenvalue weighted by Crippen LogP contribution is 2.39. The van der Waals surface area contributed by atoms with Gasteiger partial charge in [0, 0.05) is 12.1 Å². The molecule has 6 nitrogen and oxygen atoms in total. The first-order valence-corrected chi connectivity index (χ1v) is 10.0. The molecular weight excluding hydrogens is 338 g/mol. The molecule has 1 atom stereocenters. The zero-order valence-corrected chi connectivity index (χ0v) is 15.7. The van der Waals surface area contributed by atoms with Crippen molar-refractivity contribution in [3.8, 4) is 11.5 Å². The van der Waals surface area contributed by atoms with Gasteiger partial charge in [0.15, 0.2) is 11.6 Å². The number of hydrogen-bond donors (Lipinski definition) is 1. The van der Waals surface area contributed by atoms with Gasteiger partial charge in [-0.3, -0.25) is 4.68 Å². The zero-order chi connectivity index (χ0) is 18.4. The number of aryl methyl sites for hydroxylation is 1. The molecule has 5 rings (SSSR count). The van der Waals surface area contributed by atoms with E-state index in [4.69, 9.17) is 5.10 Å². The minimum absolute atomic E-state index is 0.463. The van der Waals surface area contributed by atoms with Gasteiger partial charge in [-0.2, -0.15) is 5.10 Å². The van der Waals surface area contributed by atoms with E-state index in [-0.39, 0.29) is 0 Å². The van der Waals surface area contributed by atoms with E-state index in [2.05, 4.69) is 26.4 Å². The second kappa shape index (κ2) is 6.60. The molecule has 2 aromatic heterocycles. The van der Waals surface area contributed by atoms with Gasteiger partial charge in [-0.25, -0.2) is 0 Å². The lowest BCUT2D eigenvalue weighted by atomic mass is 10.0. The molecule has 1 saturated carbocycles. The maximum atomic E-state index is 10.9. The van der Waals surface area contributed by atoms with Crippen molar-refractivity contribution in [2.24, 2.45) is 0 Å². The minimum atomic E-state index is -0.762. The average Bonchev–Trinajstić information content (AvgIpc) is 3.44. The van der Waals surface area contributed by atoms with E-state index in [1.165, 1.54) is 36.9 Å². The number of aliphatic hydroxyl groups is 1. The molecule has 0 saturated heterocycles. The molecule has 6 heteroatoms. The highest BCUT2D eigenvalue weighted by atomic mass is 16.3. The van der Waals surface area contributed by atoms with E-state index in [0.29, 0.717) is 11.9 Å². The molecule has 3 aromatic rings. The normalized spacial score (nSPS) is 17.7. The van der Waals surface area contributed by atoms with E-state index in [0.717, 1.165) is 36.5 Å². The molecule has 0 bridgehead atoms. The summed E-state index contributed by atoms with van der Waals surface area (Å²) in [7, 11) is 0. The van der Waals surface area contributed by atoms with Crippen LogP contribution in [0.4, 0.5) is 0 Å². The Kier molecular flexibility index (Phi) is 4.08. The molecule has 1 aliphatic heterocycles. The van der Waals surface area contributed by atoms with Crippen molar-refractivity contribution < 1.29 is 5.11 Å². The molecule has 1 aliphatic carbocycles. The largest absolute Gasteiger partial charge is 0.380 e. The quantitative estimate of drug-likeness (QED) is 0.771. The summed E-state index contributed by atoms with van der Waals surface area (Å²) in [5.74, 6) is 1.49. The van der Waals surface area contributed by atoms with E-state index >= 15 is 0 Å². The van der Waals surface area contributed by atoms with Crippen LogP contribution in [0.3, 0.4) is 0 Å². The number of fused-ring (bicyclic) bond motifs is 3. The van der Waals surface area contributed by atoms with Gasteiger partial charge in [-0.05, 0) is 31.2 Å². The number of hydrogen-bond acceptors (Lipinski definition) is 4. The molecule has 1 fully saturated rings. The Morgan fingerprint density at radius 1 is 1.15 bits per heavy atom. The van der Waals surface area contributed by atoms with Gasteiger partial charge in [0.05, 0.1) is 11.7 Å². The molecule has 0 spiro atoms. The van der Waals surface area contributed by atoms with E-state index in [1.54, 1.807) is 0 Å². The van der Waals surface area contributed by atoms with Crippen molar-refractivity contribution in [2.75, 3.05) is 0 Å². The lowest BCUT2D eigenvalue weighted by molar-refractivity contribution is 0.204. The Morgan fingerprint density at radius 3 is 2.67 bits per heavy atom. The number of benzene rings is 1.